The molecule has 0 amide bonds. The van der Waals surface area contributed by atoms with Crippen LogP contribution >= 0.6 is 11.8 Å². The lowest BCUT2D eigenvalue weighted by Crippen LogP contribution is -2.22. The molecule has 1 aliphatic rings. The molecule has 2 rings (SSSR count). The summed E-state index contributed by atoms with van der Waals surface area (Å²) in [7, 11) is 0. The highest BCUT2D eigenvalue weighted by atomic mass is 32.2. The third-order valence-corrected chi connectivity index (χ3v) is 3.63. The lowest BCUT2D eigenvalue weighted by atomic mass is 10.1. The van der Waals surface area contributed by atoms with Crippen LogP contribution in [0.3, 0.4) is 0 Å². The minimum atomic E-state index is -4.12. The van der Waals surface area contributed by atoms with E-state index in [1.54, 1.807) is 0 Å². The lowest BCUT2D eigenvalue weighted by molar-refractivity contribution is -0.0327. The highest BCUT2D eigenvalue weighted by Crippen LogP contribution is 2.32. The van der Waals surface area contributed by atoms with Gasteiger partial charge >= 0.3 is 5.51 Å². The Morgan fingerprint density at radius 2 is 2.06 bits per heavy atom. The summed E-state index contributed by atoms with van der Waals surface area (Å²) in [6.07, 6.45) is 2.00. The van der Waals surface area contributed by atoms with E-state index in [1.807, 2.05) is 12.1 Å². The number of nitrogens with one attached hydrogen (secondary N) is 1. The predicted molar refractivity (Wildman–Crippen MR) is 64.0 cm³/mol. The van der Waals surface area contributed by atoms with Crippen LogP contribution in [-0.2, 0) is 6.42 Å². The molecule has 0 aromatic heterocycles. The number of thioether (sulfide) groups is 1. The van der Waals surface area contributed by atoms with Crippen LogP contribution in [0.5, 0.6) is 0 Å². The van der Waals surface area contributed by atoms with Crippen LogP contribution < -0.4 is 5.32 Å². The first-order chi connectivity index (χ1) is 8.06. The van der Waals surface area contributed by atoms with Gasteiger partial charge in [0.1, 0.15) is 0 Å². The molecular weight excluding hydrogens is 247 g/mol. The van der Waals surface area contributed by atoms with Gasteiger partial charge in [0.2, 0.25) is 0 Å². The van der Waals surface area contributed by atoms with E-state index in [0.29, 0.717) is 6.54 Å². The quantitative estimate of drug-likeness (QED) is 0.832. The summed E-state index contributed by atoms with van der Waals surface area (Å²) in [4.78, 5) is 0. The SMILES string of the molecule is FC(F)(F)SCCNC1CCc2ccccc21. The van der Waals surface area contributed by atoms with Gasteiger partial charge in [0.25, 0.3) is 0 Å². The Kier molecular flexibility index (Phi) is 3.99. The number of fused-ring (bicyclic) bond motifs is 1. The van der Waals surface area contributed by atoms with Crippen molar-refractivity contribution in [1.29, 1.82) is 0 Å². The standard InChI is InChI=1S/C12H14F3NS/c13-12(14,15)17-8-7-16-11-6-5-9-3-1-2-4-10(9)11/h1-4,11,16H,5-8H2. The Labute approximate surface area is 103 Å². The zero-order valence-electron chi connectivity index (χ0n) is 9.26. The molecule has 0 heterocycles. The summed E-state index contributed by atoms with van der Waals surface area (Å²) >= 11 is 0.0357. The fraction of sp³-hybridized carbons (Fsp3) is 0.500. The van der Waals surface area contributed by atoms with Crippen molar-refractivity contribution in [2.75, 3.05) is 12.3 Å². The van der Waals surface area contributed by atoms with Crippen molar-refractivity contribution in [2.24, 2.45) is 0 Å². The van der Waals surface area contributed by atoms with E-state index in [1.165, 1.54) is 11.1 Å². The zero-order valence-corrected chi connectivity index (χ0v) is 10.1. The van der Waals surface area contributed by atoms with Gasteiger partial charge in [-0.25, -0.2) is 0 Å². The average Bonchev–Trinajstić information content (AvgIpc) is 2.67. The molecule has 1 aliphatic carbocycles. The molecule has 94 valence electrons. The van der Waals surface area contributed by atoms with Gasteiger partial charge in [-0.05, 0) is 35.7 Å². The molecule has 1 unspecified atom stereocenters. The maximum absolute atomic E-state index is 11.9. The Hall–Kier alpha value is -0.680. The number of halogens is 3. The first-order valence-electron chi connectivity index (χ1n) is 5.58. The first kappa shape index (κ1) is 12.8. The van der Waals surface area contributed by atoms with Crippen molar-refractivity contribution in [3.63, 3.8) is 0 Å². The molecule has 0 saturated carbocycles. The van der Waals surface area contributed by atoms with Gasteiger partial charge in [-0.3, -0.25) is 0 Å². The molecule has 0 radical (unpaired) electrons. The van der Waals surface area contributed by atoms with Gasteiger partial charge in [-0.15, -0.1) is 0 Å². The number of alkyl halides is 3. The van der Waals surface area contributed by atoms with Gasteiger partial charge in [0.15, 0.2) is 0 Å². The van der Waals surface area contributed by atoms with Crippen LogP contribution in [0.4, 0.5) is 13.2 Å². The second-order valence-electron chi connectivity index (χ2n) is 4.04. The molecule has 1 N–H and O–H groups in total. The summed E-state index contributed by atoms with van der Waals surface area (Å²) in [6.45, 7) is 0.392. The molecule has 0 bridgehead atoms. The molecule has 1 aromatic rings. The average molecular weight is 261 g/mol. The lowest BCUT2D eigenvalue weighted by Gasteiger charge is -2.14. The van der Waals surface area contributed by atoms with Crippen molar-refractivity contribution >= 4 is 11.8 Å². The highest BCUT2D eigenvalue weighted by molar-refractivity contribution is 8.00. The van der Waals surface area contributed by atoms with Gasteiger partial charge in [-0.2, -0.15) is 13.2 Å². The topological polar surface area (TPSA) is 12.0 Å². The molecular formula is C12H14F3NS. The summed E-state index contributed by atoms with van der Waals surface area (Å²) in [5.41, 5.74) is -1.56. The maximum atomic E-state index is 11.9. The van der Waals surface area contributed by atoms with Gasteiger partial charge < -0.3 is 5.32 Å². The minimum absolute atomic E-state index is 0.0357. The molecule has 0 spiro atoms. The van der Waals surface area contributed by atoms with E-state index in [-0.39, 0.29) is 23.6 Å². The van der Waals surface area contributed by atoms with Crippen LogP contribution in [0, 0.1) is 0 Å². The summed E-state index contributed by atoms with van der Waals surface area (Å²) in [5.74, 6) is 0.0716. The van der Waals surface area contributed by atoms with Gasteiger partial charge in [0, 0.05) is 18.3 Å². The summed E-state index contributed by atoms with van der Waals surface area (Å²) < 4.78 is 35.8. The molecule has 1 atom stereocenters. The largest absolute Gasteiger partial charge is 0.441 e. The van der Waals surface area contributed by atoms with E-state index in [9.17, 15) is 13.2 Å². The second kappa shape index (κ2) is 5.31. The minimum Gasteiger partial charge on any atom is -0.309 e. The van der Waals surface area contributed by atoms with E-state index < -0.39 is 5.51 Å². The number of rotatable bonds is 4. The third kappa shape index (κ3) is 3.64. The zero-order chi connectivity index (χ0) is 12.3. The van der Waals surface area contributed by atoms with Crippen molar-refractivity contribution in [1.82, 2.24) is 5.32 Å². The molecule has 5 heteroatoms. The number of hydrogen-bond acceptors (Lipinski definition) is 2. The van der Waals surface area contributed by atoms with Crippen molar-refractivity contribution < 1.29 is 13.2 Å². The van der Waals surface area contributed by atoms with Crippen LogP contribution in [-0.4, -0.2) is 17.8 Å². The van der Waals surface area contributed by atoms with E-state index in [2.05, 4.69) is 17.4 Å². The Morgan fingerprint density at radius 1 is 1.29 bits per heavy atom. The fourth-order valence-corrected chi connectivity index (χ4v) is 2.62. The molecule has 17 heavy (non-hydrogen) atoms. The van der Waals surface area contributed by atoms with E-state index in [0.717, 1.165) is 12.8 Å². The third-order valence-electron chi connectivity index (χ3n) is 2.89. The maximum Gasteiger partial charge on any atom is 0.441 e. The summed E-state index contributed by atoms with van der Waals surface area (Å²) in [5, 5.41) is 3.19. The van der Waals surface area contributed by atoms with Crippen LogP contribution in [0.15, 0.2) is 24.3 Å². The first-order valence-corrected chi connectivity index (χ1v) is 6.57. The molecule has 0 aliphatic heterocycles. The molecule has 1 nitrogen and oxygen atoms in total. The van der Waals surface area contributed by atoms with Crippen LogP contribution in [0.25, 0.3) is 0 Å². The smallest absolute Gasteiger partial charge is 0.309 e. The molecule has 0 fully saturated rings. The van der Waals surface area contributed by atoms with Gasteiger partial charge in [0.05, 0.1) is 0 Å². The van der Waals surface area contributed by atoms with Crippen molar-refractivity contribution in [2.45, 2.75) is 24.4 Å². The normalized spacial score (nSPS) is 19.4. The number of benzene rings is 1. The highest BCUT2D eigenvalue weighted by Gasteiger charge is 2.28. The molecule has 0 saturated heterocycles. The molecule has 1 aromatic carbocycles. The Morgan fingerprint density at radius 3 is 2.82 bits per heavy atom. The van der Waals surface area contributed by atoms with E-state index in [4.69, 9.17) is 0 Å². The summed E-state index contributed by atoms with van der Waals surface area (Å²) in [6, 6.07) is 8.34. The monoisotopic (exact) mass is 261 g/mol. The van der Waals surface area contributed by atoms with Crippen molar-refractivity contribution in [3.05, 3.63) is 35.4 Å². The van der Waals surface area contributed by atoms with Crippen LogP contribution in [0.2, 0.25) is 0 Å². The van der Waals surface area contributed by atoms with Gasteiger partial charge in [-0.1, -0.05) is 24.3 Å². The Bertz CT molecular complexity index is 378. The Balaban J connectivity index is 1.78. The second-order valence-corrected chi connectivity index (χ2v) is 5.20. The van der Waals surface area contributed by atoms with Crippen LogP contribution in [0.1, 0.15) is 23.6 Å². The number of hydrogen-bond donors (Lipinski definition) is 1. The predicted octanol–water partition coefficient (Wildman–Crippen LogP) is 3.52. The van der Waals surface area contributed by atoms with E-state index >= 15 is 0 Å². The van der Waals surface area contributed by atoms with Crippen molar-refractivity contribution in [3.8, 4) is 0 Å². The number of aryl methyl sites for hydroxylation is 1. The fourth-order valence-electron chi connectivity index (χ4n) is 2.17.